The summed E-state index contributed by atoms with van der Waals surface area (Å²) in [5.74, 6) is 0. The standard InChI is InChI=1S/C29H17BN2/c1-2-9-19-18(8-1)20-11-5-13-23-27(20)28-21(19)12-6-16-26(28)32-25-15-4-3-10-22(25)29-24(30(23)32)14-7-17-31-29/h1-17H. The molecule has 0 unspecified atom stereocenters. The van der Waals surface area contributed by atoms with Crippen molar-refractivity contribution in [1.82, 2.24) is 4.98 Å². The quantitative estimate of drug-likeness (QED) is 0.236. The normalized spacial score (nSPS) is 13.5. The molecule has 8 rings (SSSR count). The average molecular weight is 404 g/mol. The third-order valence-electron chi connectivity index (χ3n) is 7.26. The molecule has 0 saturated carbocycles. The minimum Gasteiger partial charge on any atom is -0.376 e. The van der Waals surface area contributed by atoms with Crippen molar-refractivity contribution >= 4 is 61.5 Å². The molecule has 0 radical (unpaired) electrons. The summed E-state index contributed by atoms with van der Waals surface area (Å²) in [6.45, 7) is 0.108. The van der Waals surface area contributed by atoms with Gasteiger partial charge < -0.3 is 4.81 Å². The summed E-state index contributed by atoms with van der Waals surface area (Å²) in [5.41, 5.74) is 7.44. The van der Waals surface area contributed by atoms with Crippen LogP contribution in [0.3, 0.4) is 0 Å². The van der Waals surface area contributed by atoms with Crippen LogP contribution in [0.25, 0.3) is 43.6 Å². The van der Waals surface area contributed by atoms with Crippen LogP contribution >= 0.6 is 0 Å². The zero-order valence-corrected chi connectivity index (χ0v) is 17.3. The molecule has 0 spiro atoms. The summed E-state index contributed by atoms with van der Waals surface area (Å²) in [6, 6.07) is 35.4. The number of nitrogens with zero attached hydrogens (tertiary/aromatic N) is 2. The van der Waals surface area contributed by atoms with E-state index in [2.05, 4.69) is 102 Å². The number of aromatic nitrogens is 1. The first-order chi connectivity index (χ1) is 15.9. The largest absolute Gasteiger partial charge is 0.376 e. The Labute approximate surface area is 185 Å². The minimum absolute atomic E-state index is 0.108. The molecule has 146 valence electrons. The Bertz CT molecular complexity index is 1620. The molecule has 0 fully saturated rings. The van der Waals surface area contributed by atoms with Crippen LogP contribution in [0.1, 0.15) is 0 Å². The first kappa shape index (κ1) is 16.6. The molecule has 1 aromatic heterocycles. The number of fused-ring (bicyclic) bond motifs is 11. The van der Waals surface area contributed by atoms with E-state index in [-0.39, 0.29) is 6.85 Å². The molecular formula is C29H17BN2. The number of rotatable bonds is 0. The lowest BCUT2D eigenvalue weighted by Crippen LogP contribution is -2.59. The van der Waals surface area contributed by atoms with E-state index in [0.29, 0.717) is 0 Å². The molecule has 32 heavy (non-hydrogen) atoms. The number of anilines is 2. The zero-order valence-electron chi connectivity index (χ0n) is 17.3. The molecule has 0 bridgehead atoms. The van der Waals surface area contributed by atoms with Gasteiger partial charge in [0.2, 0.25) is 0 Å². The fourth-order valence-electron chi connectivity index (χ4n) is 6.08. The second-order valence-electron chi connectivity index (χ2n) is 8.75. The maximum atomic E-state index is 4.84. The number of hydrogen-bond donors (Lipinski definition) is 0. The molecule has 0 saturated heterocycles. The topological polar surface area (TPSA) is 16.1 Å². The lowest BCUT2D eigenvalue weighted by atomic mass is 9.44. The second-order valence-corrected chi connectivity index (χ2v) is 8.75. The Morgan fingerprint density at radius 2 is 1.19 bits per heavy atom. The second kappa shape index (κ2) is 5.77. The molecule has 0 amide bonds. The summed E-state index contributed by atoms with van der Waals surface area (Å²) in [4.78, 5) is 7.38. The van der Waals surface area contributed by atoms with Crippen molar-refractivity contribution < 1.29 is 0 Å². The van der Waals surface area contributed by atoms with E-state index in [1.54, 1.807) is 0 Å². The molecule has 0 atom stereocenters. The van der Waals surface area contributed by atoms with Crippen molar-refractivity contribution in [3.05, 3.63) is 103 Å². The van der Waals surface area contributed by atoms with Crippen LogP contribution in [0.5, 0.6) is 0 Å². The predicted octanol–water partition coefficient (Wildman–Crippen LogP) is 5.78. The maximum absolute atomic E-state index is 4.84. The highest BCUT2D eigenvalue weighted by Crippen LogP contribution is 2.47. The number of benzene rings is 5. The van der Waals surface area contributed by atoms with Crippen LogP contribution in [0, 0.1) is 0 Å². The van der Waals surface area contributed by atoms with Crippen molar-refractivity contribution in [3.8, 4) is 11.3 Å². The maximum Gasteiger partial charge on any atom is 0.331 e. The van der Waals surface area contributed by atoms with E-state index in [1.165, 1.54) is 60.2 Å². The van der Waals surface area contributed by atoms with Gasteiger partial charge in [0.15, 0.2) is 0 Å². The third-order valence-corrected chi connectivity index (χ3v) is 7.26. The van der Waals surface area contributed by atoms with Gasteiger partial charge in [-0.05, 0) is 56.1 Å². The Hall–Kier alpha value is -4.11. The minimum atomic E-state index is 0.108. The van der Waals surface area contributed by atoms with Gasteiger partial charge in [0, 0.05) is 28.5 Å². The van der Waals surface area contributed by atoms with Crippen molar-refractivity contribution in [2.24, 2.45) is 0 Å². The summed E-state index contributed by atoms with van der Waals surface area (Å²) in [5, 5.41) is 8.04. The van der Waals surface area contributed by atoms with Crippen LogP contribution in [-0.2, 0) is 0 Å². The first-order valence-corrected chi connectivity index (χ1v) is 11.1. The van der Waals surface area contributed by atoms with E-state index in [1.807, 2.05) is 6.20 Å². The van der Waals surface area contributed by atoms with Gasteiger partial charge in [-0.1, -0.05) is 78.9 Å². The first-order valence-electron chi connectivity index (χ1n) is 11.1. The average Bonchev–Trinajstić information content (AvgIpc) is 2.87. The molecule has 0 N–H and O–H groups in total. The van der Waals surface area contributed by atoms with Crippen molar-refractivity contribution in [3.63, 3.8) is 0 Å². The highest BCUT2D eigenvalue weighted by Gasteiger charge is 2.41. The van der Waals surface area contributed by atoms with E-state index in [0.717, 1.165) is 5.69 Å². The van der Waals surface area contributed by atoms with E-state index >= 15 is 0 Å². The van der Waals surface area contributed by atoms with Gasteiger partial charge >= 0.3 is 6.85 Å². The van der Waals surface area contributed by atoms with Crippen LogP contribution < -0.4 is 15.7 Å². The van der Waals surface area contributed by atoms with Gasteiger partial charge in [-0.15, -0.1) is 0 Å². The summed E-state index contributed by atoms with van der Waals surface area (Å²) in [6.07, 6.45) is 1.91. The van der Waals surface area contributed by atoms with Gasteiger partial charge in [-0.3, -0.25) is 4.98 Å². The fraction of sp³-hybridized carbons (Fsp3) is 0. The molecule has 2 nitrogen and oxygen atoms in total. The van der Waals surface area contributed by atoms with Crippen molar-refractivity contribution in [2.45, 2.75) is 0 Å². The lowest BCUT2D eigenvalue weighted by molar-refractivity contribution is 1.30. The number of hydrogen-bond acceptors (Lipinski definition) is 2. The fourth-order valence-corrected chi connectivity index (χ4v) is 6.08. The molecule has 6 aromatic rings. The Kier molecular flexibility index (Phi) is 2.99. The van der Waals surface area contributed by atoms with Crippen molar-refractivity contribution in [1.29, 1.82) is 0 Å². The molecule has 5 aromatic carbocycles. The number of pyridine rings is 1. The van der Waals surface area contributed by atoms with Gasteiger partial charge in [0.25, 0.3) is 0 Å². The zero-order chi connectivity index (χ0) is 20.8. The molecule has 3 heterocycles. The van der Waals surface area contributed by atoms with Gasteiger partial charge in [0.05, 0.1) is 5.69 Å². The molecule has 2 aliphatic heterocycles. The molecule has 3 heteroatoms. The van der Waals surface area contributed by atoms with Crippen molar-refractivity contribution in [2.75, 3.05) is 4.81 Å². The summed E-state index contributed by atoms with van der Waals surface area (Å²) in [7, 11) is 0. The lowest BCUT2D eigenvalue weighted by Gasteiger charge is -2.42. The molecule has 0 aliphatic carbocycles. The smallest absolute Gasteiger partial charge is 0.331 e. The Morgan fingerprint density at radius 1 is 0.531 bits per heavy atom. The van der Waals surface area contributed by atoms with Crippen LogP contribution in [0.4, 0.5) is 11.4 Å². The summed E-state index contributed by atoms with van der Waals surface area (Å²) < 4.78 is 0. The molecule has 2 aliphatic rings. The predicted molar refractivity (Wildman–Crippen MR) is 136 cm³/mol. The third kappa shape index (κ3) is 1.86. The number of para-hydroxylation sites is 1. The highest BCUT2D eigenvalue weighted by atomic mass is 15.1. The van der Waals surface area contributed by atoms with E-state index < -0.39 is 0 Å². The van der Waals surface area contributed by atoms with Crippen LogP contribution in [-0.4, -0.2) is 11.8 Å². The van der Waals surface area contributed by atoms with E-state index in [4.69, 9.17) is 4.98 Å². The summed E-state index contributed by atoms with van der Waals surface area (Å²) >= 11 is 0. The Morgan fingerprint density at radius 3 is 2.06 bits per heavy atom. The van der Waals surface area contributed by atoms with Gasteiger partial charge in [0.1, 0.15) is 0 Å². The molecular weight excluding hydrogens is 387 g/mol. The van der Waals surface area contributed by atoms with Gasteiger partial charge in [-0.25, -0.2) is 0 Å². The van der Waals surface area contributed by atoms with E-state index in [9.17, 15) is 0 Å². The van der Waals surface area contributed by atoms with Crippen LogP contribution in [0.2, 0.25) is 0 Å². The monoisotopic (exact) mass is 404 g/mol. The highest BCUT2D eigenvalue weighted by molar-refractivity contribution is 6.93. The van der Waals surface area contributed by atoms with Gasteiger partial charge in [-0.2, -0.15) is 0 Å². The Balaban J connectivity index is 1.66. The SMILES string of the molecule is c1cnc2c(c1)B1c3cccc4c5ccccc5c5cccc(c5c34)N1c1ccccc1-2. The van der Waals surface area contributed by atoms with Crippen LogP contribution in [0.15, 0.2) is 103 Å².